The molecule has 0 radical (unpaired) electrons. The Morgan fingerprint density at radius 3 is 1.53 bits per heavy atom. The fourth-order valence-electron chi connectivity index (χ4n) is 10.3. The Hall–Kier alpha value is -8.72. The van der Waals surface area contributed by atoms with Crippen LogP contribution in [0.25, 0.3) is 110 Å². The predicted octanol–water partition coefficient (Wildman–Crippen LogP) is 18.3. The molecule has 0 fully saturated rings. The lowest BCUT2D eigenvalue weighted by molar-refractivity contribution is 0.669. The normalized spacial score (nSPS) is 11.6. The van der Waals surface area contributed by atoms with Crippen molar-refractivity contribution in [3.63, 3.8) is 0 Å². The SMILES string of the molecule is c1ccc(-c2c(-c3ccccc3)c3cc(-c4cccc(N(c5ccc(-c6ccc7c(ccc8ccccc87)c6)cc5)c5ccc6oc7ccccc7c6c5)c4)ccc3c3ccccc23)cc1. The van der Waals surface area contributed by atoms with E-state index in [0.29, 0.717) is 0 Å². The summed E-state index contributed by atoms with van der Waals surface area (Å²) in [7, 11) is 0. The van der Waals surface area contributed by atoms with Gasteiger partial charge in [0, 0.05) is 27.8 Å². The maximum Gasteiger partial charge on any atom is 0.135 e. The van der Waals surface area contributed by atoms with Crippen LogP contribution >= 0.6 is 0 Å². The van der Waals surface area contributed by atoms with E-state index >= 15 is 0 Å². The molecule has 0 aliphatic rings. The van der Waals surface area contributed by atoms with Crippen molar-refractivity contribution < 1.29 is 4.42 Å². The van der Waals surface area contributed by atoms with E-state index in [2.05, 4.69) is 241 Å². The van der Waals surface area contributed by atoms with Gasteiger partial charge in [-0.05, 0) is 148 Å². The van der Waals surface area contributed by atoms with Gasteiger partial charge in [0.1, 0.15) is 11.2 Å². The van der Waals surface area contributed by atoms with E-state index in [1.165, 1.54) is 76.5 Å². The third kappa shape index (κ3) is 6.34. The van der Waals surface area contributed by atoms with Gasteiger partial charge in [-0.1, -0.05) is 188 Å². The second kappa shape index (κ2) is 15.5. The van der Waals surface area contributed by atoms with E-state index in [1.54, 1.807) is 0 Å². The summed E-state index contributed by atoms with van der Waals surface area (Å²) in [5.74, 6) is 0. The minimum Gasteiger partial charge on any atom is -0.456 e. The topological polar surface area (TPSA) is 16.4 Å². The fraction of sp³-hybridized carbons (Fsp3) is 0. The van der Waals surface area contributed by atoms with Gasteiger partial charge >= 0.3 is 0 Å². The highest BCUT2D eigenvalue weighted by Gasteiger charge is 2.20. The molecule has 1 heterocycles. The Kier molecular flexibility index (Phi) is 8.89. The smallest absolute Gasteiger partial charge is 0.135 e. The molecule has 0 aliphatic carbocycles. The molecule has 1 aromatic heterocycles. The second-order valence-electron chi connectivity index (χ2n) is 17.2. The number of hydrogen-bond donors (Lipinski definition) is 0. The molecule has 2 nitrogen and oxygen atoms in total. The van der Waals surface area contributed by atoms with E-state index in [4.69, 9.17) is 4.42 Å². The largest absolute Gasteiger partial charge is 0.456 e. The Balaban J connectivity index is 0.968. The summed E-state index contributed by atoms with van der Waals surface area (Å²) >= 11 is 0. The minimum absolute atomic E-state index is 0.876. The Morgan fingerprint density at radius 2 is 0.742 bits per heavy atom. The highest BCUT2D eigenvalue weighted by atomic mass is 16.3. The molecule has 0 atom stereocenters. The van der Waals surface area contributed by atoms with E-state index < -0.39 is 0 Å². The van der Waals surface area contributed by atoms with Crippen molar-refractivity contribution in [2.75, 3.05) is 4.90 Å². The van der Waals surface area contributed by atoms with Crippen LogP contribution in [0, 0.1) is 0 Å². The lowest BCUT2D eigenvalue weighted by Crippen LogP contribution is -2.10. The molecule has 0 N–H and O–H groups in total. The molecular weight excluding hydrogens is 799 g/mol. The molecular formula is C64H41NO. The van der Waals surface area contributed by atoms with E-state index in [9.17, 15) is 0 Å². The average Bonchev–Trinajstić information content (AvgIpc) is 3.77. The van der Waals surface area contributed by atoms with Crippen LogP contribution < -0.4 is 4.90 Å². The Labute approximate surface area is 382 Å². The zero-order chi connectivity index (χ0) is 43.6. The standard InChI is InChI=1S/C64H41NO/c1-3-15-44(16-4-1)63-58-24-10-9-22-55(58)56-36-31-48(40-60(56)64(63)45-17-5-2-6-18-45)46-19-13-20-51(39-46)65(52-34-37-62-59(41-52)57-23-11-12-25-61(57)66-62)50-32-28-42(29-33-50)47-30-35-54-49(38-47)27-26-43-14-7-8-21-53(43)54/h1-41H. The van der Waals surface area contributed by atoms with Gasteiger partial charge in [-0.25, -0.2) is 0 Å². The molecule has 0 saturated carbocycles. The number of furan rings is 1. The van der Waals surface area contributed by atoms with Crippen LogP contribution in [0.3, 0.4) is 0 Å². The van der Waals surface area contributed by atoms with Gasteiger partial charge in [0.2, 0.25) is 0 Å². The third-order valence-electron chi connectivity index (χ3n) is 13.4. The van der Waals surface area contributed by atoms with Gasteiger partial charge in [-0.2, -0.15) is 0 Å². The van der Waals surface area contributed by atoms with Crippen LogP contribution in [0.2, 0.25) is 0 Å². The Bertz CT molecular complexity index is 3980. The van der Waals surface area contributed by atoms with Gasteiger partial charge in [0.05, 0.1) is 0 Å². The number of nitrogens with zero attached hydrogens (tertiary/aromatic N) is 1. The van der Waals surface area contributed by atoms with Gasteiger partial charge in [0.25, 0.3) is 0 Å². The summed E-state index contributed by atoms with van der Waals surface area (Å²) in [6.45, 7) is 0. The molecule has 2 heteroatoms. The van der Waals surface area contributed by atoms with Crippen LogP contribution in [0.4, 0.5) is 17.1 Å². The average molecular weight is 840 g/mol. The van der Waals surface area contributed by atoms with Gasteiger partial charge in [0.15, 0.2) is 0 Å². The number of benzene rings is 12. The monoisotopic (exact) mass is 839 g/mol. The minimum atomic E-state index is 0.876. The highest BCUT2D eigenvalue weighted by Crippen LogP contribution is 2.46. The number of anilines is 3. The van der Waals surface area contributed by atoms with Crippen molar-refractivity contribution in [1.82, 2.24) is 0 Å². The lowest BCUT2D eigenvalue weighted by atomic mass is 9.84. The van der Waals surface area contributed by atoms with Crippen molar-refractivity contribution in [1.29, 1.82) is 0 Å². The summed E-state index contributed by atoms with van der Waals surface area (Å²) in [5, 5.41) is 12.2. The molecule has 308 valence electrons. The number of rotatable bonds is 7. The molecule has 0 spiro atoms. The first kappa shape index (κ1) is 37.8. The first-order chi connectivity index (χ1) is 32.7. The summed E-state index contributed by atoms with van der Waals surface area (Å²) in [4.78, 5) is 2.37. The van der Waals surface area contributed by atoms with Crippen molar-refractivity contribution in [3.8, 4) is 44.5 Å². The highest BCUT2D eigenvalue weighted by molar-refractivity contribution is 6.22. The first-order valence-electron chi connectivity index (χ1n) is 22.7. The van der Waals surface area contributed by atoms with Crippen molar-refractivity contribution in [2.24, 2.45) is 0 Å². The van der Waals surface area contributed by atoms with E-state index in [1.807, 2.05) is 12.1 Å². The van der Waals surface area contributed by atoms with Crippen LogP contribution in [-0.4, -0.2) is 0 Å². The molecule has 0 bridgehead atoms. The maximum atomic E-state index is 6.32. The third-order valence-corrected chi connectivity index (χ3v) is 13.4. The van der Waals surface area contributed by atoms with Crippen LogP contribution in [0.15, 0.2) is 253 Å². The summed E-state index contributed by atoms with van der Waals surface area (Å²) in [6.07, 6.45) is 0. The zero-order valence-corrected chi connectivity index (χ0v) is 36.0. The molecule has 0 unspecified atom stereocenters. The summed E-state index contributed by atoms with van der Waals surface area (Å²) in [6, 6.07) is 90.4. The second-order valence-corrected chi connectivity index (χ2v) is 17.2. The fourth-order valence-corrected chi connectivity index (χ4v) is 10.3. The van der Waals surface area contributed by atoms with Crippen LogP contribution in [0.1, 0.15) is 0 Å². The molecule has 0 aliphatic heterocycles. The number of hydrogen-bond acceptors (Lipinski definition) is 2. The van der Waals surface area contributed by atoms with Gasteiger partial charge in [-0.3, -0.25) is 0 Å². The predicted molar refractivity (Wildman–Crippen MR) is 280 cm³/mol. The van der Waals surface area contributed by atoms with Crippen molar-refractivity contribution >= 4 is 82.1 Å². The van der Waals surface area contributed by atoms with E-state index in [-0.39, 0.29) is 0 Å². The Morgan fingerprint density at radius 1 is 0.227 bits per heavy atom. The lowest BCUT2D eigenvalue weighted by Gasteiger charge is -2.26. The number of fused-ring (bicyclic) bond motifs is 9. The maximum absolute atomic E-state index is 6.32. The van der Waals surface area contributed by atoms with Crippen molar-refractivity contribution in [2.45, 2.75) is 0 Å². The molecule has 13 aromatic rings. The van der Waals surface area contributed by atoms with Crippen LogP contribution in [-0.2, 0) is 0 Å². The quantitative estimate of drug-likeness (QED) is 0.149. The molecule has 12 aromatic carbocycles. The van der Waals surface area contributed by atoms with E-state index in [0.717, 1.165) is 50.1 Å². The summed E-state index contributed by atoms with van der Waals surface area (Å²) in [5.41, 5.74) is 14.5. The molecule has 0 amide bonds. The molecule has 0 saturated heterocycles. The van der Waals surface area contributed by atoms with Gasteiger partial charge < -0.3 is 9.32 Å². The molecule has 66 heavy (non-hydrogen) atoms. The van der Waals surface area contributed by atoms with Crippen LogP contribution in [0.5, 0.6) is 0 Å². The number of para-hydroxylation sites is 1. The van der Waals surface area contributed by atoms with Gasteiger partial charge in [-0.15, -0.1) is 0 Å². The summed E-state index contributed by atoms with van der Waals surface area (Å²) < 4.78 is 6.32. The first-order valence-corrected chi connectivity index (χ1v) is 22.7. The zero-order valence-electron chi connectivity index (χ0n) is 36.0. The van der Waals surface area contributed by atoms with Crippen molar-refractivity contribution in [3.05, 3.63) is 249 Å². The molecule has 13 rings (SSSR count).